The van der Waals surface area contributed by atoms with E-state index in [1.807, 2.05) is 29.7 Å². The number of carbonyl (C=O) groups is 1. The first-order valence-corrected chi connectivity index (χ1v) is 13.4. The number of carbonyl (C=O) groups excluding carboxylic acids is 1. The van der Waals surface area contributed by atoms with E-state index in [4.69, 9.17) is 0 Å². The van der Waals surface area contributed by atoms with Gasteiger partial charge in [0.15, 0.2) is 0 Å². The number of thiophene rings is 1. The second-order valence-corrected chi connectivity index (χ2v) is 11.7. The van der Waals surface area contributed by atoms with Crippen molar-refractivity contribution in [3.63, 3.8) is 0 Å². The number of aromatic hydroxyl groups is 1. The summed E-state index contributed by atoms with van der Waals surface area (Å²) in [6, 6.07) is 10.1. The topological polar surface area (TPSA) is 52.6 Å². The van der Waals surface area contributed by atoms with Crippen molar-refractivity contribution in [2.45, 2.75) is 50.0 Å². The van der Waals surface area contributed by atoms with E-state index in [1.54, 1.807) is 23.5 Å². The zero-order chi connectivity index (χ0) is 22.1. The average molecular weight is 516 g/mol. The van der Waals surface area contributed by atoms with E-state index in [9.17, 15) is 9.90 Å². The number of nitrogens with zero attached hydrogens (tertiary/aromatic N) is 1. The Hall–Kier alpha value is -1.63. The molecule has 170 valence electrons. The molecule has 1 aromatic carbocycles. The third-order valence-electron chi connectivity index (χ3n) is 7.58. The largest absolute Gasteiger partial charge is 0.508 e. The van der Waals surface area contributed by atoms with Crippen molar-refractivity contribution in [1.29, 1.82) is 0 Å². The van der Waals surface area contributed by atoms with Gasteiger partial charge in [-0.1, -0.05) is 12.1 Å². The van der Waals surface area contributed by atoms with Gasteiger partial charge in [-0.3, -0.25) is 4.79 Å². The summed E-state index contributed by atoms with van der Waals surface area (Å²) < 4.78 is 1.04. The fraction of sp³-hybridized carbons (Fsp3) is 0.500. The molecule has 0 unspecified atom stereocenters. The molecule has 0 radical (unpaired) electrons. The summed E-state index contributed by atoms with van der Waals surface area (Å²) >= 11 is 5.08. The Morgan fingerprint density at radius 2 is 2.16 bits per heavy atom. The van der Waals surface area contributed by atoms with Crippen LogP contribution in [0.15, 0.2) is 46.3 Å². The molecule has 2 aromatic rings. The van der Waals surface area contributed by atoms with Crippen LogP contribution in [0.25, 0.3) is 6.08 Å². The van der Waals surface area contributed by atoms with Crippen LogP contribution in [-0.4, -0.2) is 41.6 Å². The highest BCUT2D eigenvalue weighted by atomic mass is 79.9. The fourth-order valence-electron chi connectivity index (χ4n) is 5.81. The minimum absolute atomic E-state index is 0.0183. The molecule has 3 aliphatic rings. The van der Waals surface area contributed by atoms with Gasteiger partial charge in [0.05, 0.1) is 0 Å². The Morgan fingerprint density at radius 3 is 2.91 bits per heavy atom. The number of nitrogens with one attached hydrogen (secondary N) is 1. The van der Waals surface area contributed by atoms with Gasteiger partial charge in [-0.15, -0.1) is 11.3 Å². The van der Waals surface area contributed by atoms with Crippen LogP contribution in [0, 0.1) is 11.8 Å². The van der Waals surface area contributed by atoms with Crippen LogP contribution in [0.5, 0.6) is 5.75 Å². The molecule has 5 rings (SSSR count). The van der Waals surface area contributed by atoms with E-state index >= 15 is 0 Å². The summed E-state index contributed by atoms with van der Waals surface area (Å²) in [6.45, 7) is 3.49. The van der Waals surface area contributed by atoms with E-state index in [2.05, 4.69) is 32.2 Å². The number of likely N-dealkylation sites (tertiary alicyclic amines) is 1. The number of halogens is 1. The summed E-state index contributed by atoms with van der Waals surface area (Å²) in [4.78, 5) is 16.4. The van der Waals surface area contributed by atoms with Crippen molar-refractivity contribution in [3.8, 4) is 5.75 Å². The first-order valence-electron chi connectivity index (χ1n) is 11.7. The summed E-state index contributed by atoms with van der Waals surface area (Å²) in [5.74, 6) is 1.81. The molecule has 1 amide bonds. The first-order chi connectivity index (χ1) is 15.5. The Labute approximate surface area is 202 Å². The van der Waals surface area contributed by atoms with E-state index in [0.717, 1.165) is 54.0 Å². The van der Waals surface area contributed by atoms with Gasteiger partial charge in [0.2, 0.25) is 5.91 Å². The number of phenolic OH excluding ortho intramolecular Hbond substituents is 1. The minimum Gasteiger partial charge on any atom is -0.508 e. The molecule has 1 aromatic heterocycles. The van der Waals surface area contributed by atoms with Crippen LogP contribution < -0.4 is 5.32 Å². The van der Waals surface area contributed by atoms with Crippen molar-refractivity contribution >= 4 is 39.2 Å². The molecule has 2 aliphatic carbocycles. The summed E-state index contributed by atoms with van der Waals surface area (Å²) in [5.41, 5.74) is 1.27. The molecule has 6 heteroatoms. The van der Waals surface area contributed by atoms with Gasteiger partial charge >= 0.3 is 0 Å². The zero-order valence-electron chi connectivity index (χ0n) is 18.3. The predicted octanol–water partition coefficient (Wildman–Crippen LogP) is 5.57. The molecular weight excluding hydrogens is 484 g/mol. The highest BCUT2D eigenvalue weighted by Crippen LogP contribution is 2.50. The lowest BCUT2D eigenvalue weighted by Gasteiger charge is -2.53. The normalized spacial score (nSPS) is 28.5. The molecule has 32 heavy (non-hydrogen) atoms. The number of phenols is 1. The van der Waals surface area contributed by atoms with Crippen molar-refractivity contribution in [1.82, 2.24) is 10.2 Å². The van der Waals surface area contributed by atoms with Gasteiger partial charge in [-0.05, 0) is 103 Å². The Bertz CT molecular complexity index is 1000. The molecule has 0 spiro atoms. The fourth-order valence-corrected chi connectivity index (χ4v) is 7.15. The quantitative estimate of drug-likeness (QED) is 0.495. The second-order valence-electron chi connectivity index (χ2n) is 9.84. The Balaban J connectivity index is 1.31. The van der Waals surface area contributed by atoms with Crippen molar-refractivity contribution < 1.29 is 9.90 Å². The molecular formula is C26H31BrN2O2S. The zero-order valence-corrected chi connectivity index (χ0v) is 20.7. The monoisotopic (exact) mass is 514 g/mol. The molecule has 1 saturated heterocycles. The van der Waals surface area contributed by atoms with Crippen molar-refractivity contribution in [2.24, 2.45) is 11.8 Å². The van der Waals surface area contributed by atoms with Crippen LogP contribution in [0.4, 0.5) is 0 Å². The maximum atomic E-state index is 12.7. The van der Waals surface area contributed by atoms with Crippen LogP contribution in [-0.2, 0) is 10.2 Å². The third-order valence-corrected chi connectivity index (χ3v) is 9.23. The number of rotatable bonds is 6. The summed E-state index contributed by atoms with van der Waals surface area (Å²) in [6.07, 6.45) is 10.5. The lowest BCUT2D eigenvalue weighted by molar-refractivity contribution is -0.117. The predicted molar refractivity (Wildman–Crippen MR) is 134 cm³/mol. The molecule has 4 nitrogen and oxygen atoms in total. The highest BCUT2D eigenvalue weighted by molar-refractivity contribution is 9.10. The van der Waals surface area contributed by atoms with Gasteiger partial charge in [0.25, 0.3) is 0 Å². The first kappa shape index (κ1) is 22.2. The average Bonchev–Trinajstić information content (AvgIpc) is 3.50. The smallest absolute Gasteiger partial charge is 0.244 e. The Kier molecular flexibility index (Phi) is 6.46. The summed E-state index contributed by atoms with van der Waals surface area (Å²) in [7, 11) is 0. The van der Waals surface area contributed by atoms with Gasteiger partial charge in [-0.2, -0.15) is 0 Å². The lowest BCUT2D eigenvalue weighted by Crippen LogP contribution is -2.56. The van der Waals surface area contributed by atoms with Gasteiger partial charge < -0.3 is 15.3 Å². The maximum Gasteiger partial charge on any atom is 0.244 e. The van der Waals surface area contributed by atoms with Gasteiger partial charge in [0.1, 0.15) is 5.75 Å². The molecule has 2 N–H and O–H groups in total. The van der Waals surface area contributed by atoms with E-state index in [1.165, 1.54) is 24.9 Å². The van der Waals surface area contributed by atoms with E-state index in [-0.39, 0.29) is 17.4 Å². The van der Waals surface area contributed by atoms with Crippen LogP contribution in [0.1, 0.15) is 49.0 Å². The van der Waals surface area contributed by atoms with Crippen molar-refractivity contribution in [2.75, 3.05) is 19.6 Å². The van der Waals surface area contributed by atoms with Crippen LogP contribution in [0.2, 0.25) is 0 Å². The molecule has 1 aliphatic heterocycles. The van der Waals surface area contributed by atoms with Crippen molar-refractivity contribution in [3.05, 3.63) is 56.7 Å². The number of hydrogen-bond acceptors (Lipinski definition) is 4. The van der Waals surface area contributed by atoms with Crippen LogP contribution in [0.3, 0.4) is 0 Å². The number of piperidine rings is 1. The number of amides is 1. The summed E-state index contributed by atoms with van der Waals surface area (Å²) in [5, 5.41) is 15.5. The van der Waals surface area contributed by atoms with Gasteiger partial charge in [-0.25, -0.2) is 0 Å². The molecule has 2 saturated carbocycles. The second kappa shape index (κ2) is 9.32. The molecule has 0 bridgehead atoms. The maximum absolute atomic E-state index is 12.7. The minimum atomic E-state index is -0.0183. The van der Waals surface area contributed by atoms with Crippen LogP contribution >= 0.6 is 27.3 Å². The lowest BCUT2D eigenvalue weighted by atomic mass is 9.58. The molecule has 2 heterocycles. The highest BCUT2D eigenvalue weighted by Gasteiger charge is 2.48. The third kappa shape index (κ3) is 4.97. The van der Waals surface area contributed by atoms with E-state index in [0.29, 0.717) is 11.7 Å². The number of benzene rings is 1. The molecule has 3 fully saturated rings. The van der Waals surface area contributed by atoms with E-state index < -0.39 is 0 Å². The standard InChI is InChI=1S/C26H31BrN2O2S/c27-21-13-24(32-17-21)8-9-25(31)28-22-7-6-20-16-29(15-18-4-5-18)11-10-26(20,14-22)19-2-1-3-23(30)12-19/h1-3,8-9,12-13,17-18,20,22,30H,4-7,10-11,14-16H2,(H,28,31)/b9-8+/t20-,22+,26+/m1/s1. The van der Waals surface area contributed by atoms with Gasteiger partial charge in [0, 0.05) is 45.4 Å². The number of hydrogen-bond donors (Lipinski definition) is 2. The molecule has 3 atom stereocenters. The number of fused-ring (bicyclic) bond motifs is 1. The Morgan fingerprint density at radius 1 is 1.28 bits per heavy atom. The SMILES string of the molecule is O=C(/C=C/c1cc(Br)cs1)N[C@H]1CC[C@@H]2CN(CC3CC3)CC[C@@]2(c2cccc(O)c2)C1.